The highest BCUT2D eigenvalue weighted by Gasteiger charge is 2.34. The maximum absolute atomic E-state index is 13.1. The third kappa shape index (κ3) is 6.35. The number of pyridine rings is 1. The second kappa shape index (κ2) is 10.8. The monoisotopic (exact) mass is 476 g/mol. The molecular weight excluding hydrogens is 447 g/mol. The molecule has 1 atom stereocenters. The van der Waals surface area contributed by atoms with Crippen molar-refractivity contribution in [3.8, 4) is 0 Å². The SMILES string of the molecule is CC(C)[C@@H](NC(=O)C1CCN(S(=O)(=O)c2ccc(F)cc2)CC1)C(=O)NCc1cccnc1. The van der Waals surface area contributed by atoms with E-state index in [9.17, 15) is 22.4 Å². The molecule has 1 saturated heterocycles. The molecule has 0 aliphatic carbocycles. The summed E-state index contributed by atoms with van der Waals surface area (Å²) in [6, 6.07) is 7.63. The van der Waals surface area contributed by atoms with Crippen LogP contribution in [0.2, 0.25) is 0 Å². The Hall–Kier alpha value is -2.85. The minimum absolute atomic E-state index is 0.0250. The molecule has 2 N–H and O–H groups in total. The van der Waals surface area contributed by atoms with E-state index in [0.717, 1.165) is 17.7 Å². The number of carbonyl (C=O) groups excluding carboxylic acids is 2. The largest absolute Gasteiger partial charge is 0.350 e. The van der Waals surface area contributed by atoms with E-state index in [-0.39, 0.29) is 35.7 Å². The third-order valence-electron chi connectivity index (χ3n) is 5.71. The number of rotatable bonds is 8. The summed E-state index contributed by atoms with van der Waals surface area (Å²) in [5.41, 5.74) is 0.856. The van der Waals surface area contributed by atoms with Gasteiger partial charge < -0.3 is 10.6 Å². The minimum atomic E-state index is -3.75. The van der Waals surface area contributed by atoms with Gasteiger partial charge >= 0.3 is 0 Å². The van der Waals surface area contributed by atoms with Crippen molar-refractivity contribution in [2.24, 2.45) is 11.8 Å². The van der Waals surface area contributed by atoms with Crippen LogP contribution in [0, 0.1) is 17.7 Å². The number of benzene rings is 1. The number of nitrogens with one attached hydrogen (secondary N) is 2. The fraction of sp³-hybridized carbons (Fsp3) is 0.435. The summed E-state index contributed by atoms with van der Waals surface area (Å²) in [5.74, 6) is -1.56. The number of carbonyl (C=O) groups is 2. The maximum atomic E-state index is 13.1. The van der Waals surface area contributed by atoms with Gasteiger partial charge in [-0.25, -0.2) is 12.8 Å². The Morgan fingerprint density at radius 1 is 1.15 bits per heavy atom. The van der Waals surface area contributed by atoms with Gasteiger partial charge in [-0.15, -0.1) is 0 Å². The van der Waals surface area contributed by atoms with Crippen molar-refractivity contribution in [2.75, 3.05) is 13.1 Å². The molecule has 0 unspecified atom stereocenters. The number of halogens is 1. The normalized spacial score (nSPS) is 16.4. The quantitative estimate of drug-likeness (QED) is 0.607. The second-order valence-corrected chi connectivity index (χ2v) is 10.4. The Bertz CT molecular complexity index is 1050. The predicted octanol–water partition coefficient (Wildman–Crippen LogP) is 2.08. The Morgan fingerprint density at radius 2 is 1.82 bits per heavy atom. The number of hydrogen-bond donors (Lipinski definition) is 2. The van der Waals surface area contributed by atoms with Crippen molar-refractivity contribution < 1.29 is 22.4 Å². The highest BCUT2D eigenvalue weighted by Crippen LogP contribution is 2.24. The minimum Gasteiger partial charge on any atom is -0.350 e. The summed E-state index contributed by atoms with van der Waals surface area (Å²) in [7, 11) is -3.75. The molecule has 33 heavy (non-hydrogen) atoms. The fourth-order valence-electron chi connectivity index (χ4n) is 3.72. The van der Waals surface area contributed by atoms with Crippen molar-refractivity contribution in [2.45, 2.75) is 44.2 Å². The number of sulfonamides is 1. The number of amides is 2. The van der Waals surface area contributed by atoms with Crippen LogP contribution in [-0.4, -0.2) is 48.7 Å². The summed E-state index contributed by atoms with van der Waals surface area (Å²) in [5, 5.41) is 5.67. The highest BCUT2D eigenvalue weighted by molar-refractivity contribution is 7.89. The molecule has 2 amide bonds. The molecule has 2 aromatic rings. The van der Waals surface area contributed by atoms with Gasteiger partial charge in [0.15, 0.2) is 0 Å². The summed E-state index contributed by atoms with van der Waals surface area (Å²) >= 11 is 0. The molecule has 0 spiro atoms. The second-order valence-electron chi connectivity index (χ2n) is 8.44. The van der Waals surface area contributed by atoms with Crippen molar-refractivity contribution in [1.82, 2.24) is 19.9 Å². The van der Waals surface area contributed by atoms with Crippen LogP contribution in [0.25, 0.3) is 0 Å². The highest BCUT2D eigenvalue weighted by atomic mass is 32.2. The van der Waals surface area contributed by atoms with Gasteiger partial charge in [0.05, 0.1) is 4.90 Å². The van der Waals surface area contributed by atoms with E-state index in [1.54, 1.807) is 18.5 Å². The molecule has 0 radical (unpaired) electrons. The smallest absolute Gasteiger partial charge is 0.243 e. The van der Waals surface area contributed by atoms with E-state index < -0.39 is 27.8 Å². The van der Waals surface area contributed by atoms with Crippen LogP contribution in [0.3, 0.4) is 0 Å². The van der Waals surface area contributed by atoms with Crippen LogP contribution in [0.15, 0.2) is 53.7 Å². The number of piperidine rings is 1. The Labute approximate surface area is 193 Å². The number of aromatic nitrogens is 1. The molecule has 0 bridgehead atoms. The molecular formula is C23H29FN4O4S. The molecule has 3 rings (SSSR count). The van der Waals surface area contributed by atoms with Gasteiger partial charge in [0.1, 0.15) is 11.9 Å². The molecule has 2 heterocycles. The lowest BCUT2D eigenvalue weighted by Gasteiger charge is -2.32. The molecule has 178 valence electrons. The van der Waals surface area contributed by atoms with Crippen LogP contribution in [0.1, 0.15) is 32.3 Å². The van der Waals surface area contributed by atoms with Gasteiger partial charge in [0.25, 0.3) is 0 Å². The van der Waals surface area contributed by atoms with E-state index in [2.05, 4.69) is 15.6 Å². The van der Waals surface area contributed by atoms with Crippen LogP contribution >= 0.6 is 0 Å². The molecule has 8 nitrogen and oxygen atoms in total. The zero-order valence-electron chi connectivity index (χ0n) is 18.7. The topological polar surface area (TPSA) is 108 Å². The molecule has 1 aromatic heterocycles. The number of hydrogen-bond acceptors (Lipinski definition) is 5. The Morgan fingerprint density at radius 3 is 2.39 bits per heavy atom. The first-order valence-electron chi connectivity index (χ1n) is 10.9. The van der Waals surface area contributed by atoms with Crippen molar-refractivity contribution in [1.29, 1.82) is 0 Å². The van der Waals surface area contributed by atoms with E-state index >= 15 is 0 Å². The number of nitrogens with zero attached hydrogens (tertiary/aromatic N) is 2. The maximum Gasteiger partial charge on any atom is 0.243 e. The molecule has 1 fully saturated rings. The predicted molar refractivity (Wildman–Crippen MR) is 121 cm³/mol. The average molecular weight is 477 g/mol. The average Bonchev–Trinajstić information content (AvgIpc) is 2.81. The summed E-state index contributed by atoms with van der Waals surface area (Å²) in [6.07, 6.45) is 4.00. The van der Waals surface area contributed by atoms with Crippen LogP contribution in [-0.2, 0) is 26.2 Å². The van der Waals surface area contributed by atoms with E-state index in [4.69, 9.17) is 0 Å². The van der Waals surface area contributed by atoms with E-state index in [1.165, 1.54) is 16.4 Å². The van der Waals surface area contributed by atoms with Crippen LogP contribution < -0.4 is 10.6 Å². The van der Waals surface area contributed by atoms with E-state index in [0.29, 0.717) is 19.4 Å². The summed E-state index contributed by atoms with van der Waals surface area (Å²) < 4.78 is 40.0. The summed E-state index contributed by atoms with van der Waals surface area (Å²) in [4.78, 5) is 29.6. The van der Waals surface area contributed by atoms with Crippen LogP contribution in [0.4, 0.5) is 4.39 Å². The van der Waals surface area contributed by atoms with Crippen LogP contribution in [0.5, 0.6) is 0 Å². The van der Waals surface area contributed by atoms with Crippen molar-refractivity contribution >= 4 is 21.8 Å². The lowest BCUT2D eigenvalue weighted by Crippen LogP contribution is -2.52. The first-order valence-corrected chi connectivity index (χ1v) is 12.3. The van der Waals surface area contributed by atoms with Gasteiger partial charge in [-0.3, -0.25) is 14.6 Å². The lowest BCUT2D eigenvalue weighted by molar-refractivity contribution is -0.132. The standard InChI is InChI=1S/C23H29FN4O4S/c1-16(2)21(23(30)26-15-17-4-3-11-25-14-17)27-22(29)18-9-12-28(13-10-18)33(31,32)20-7-5-19(24)6-8-20/h3-8,11,14,16,18,21H,9-10,12-13,15H2,1-2H3,(H,26,30)(H,27,29)/t21-/m1/s1. The first-order chi connectivity index (χ1) is 15.7. The molecule has 10 heteroatoms. The van der Waals surface area contributed by atoms with E-state index in [1.807, 2.05) is 19.9 Å². The fourth-order valence-corrected chi connectivity index (χ4v) is 5.19. The zero-order valence-corrected chi connectivity index (χ0v) is 19.5. The van der Waals surface area contributed by atoms with Crippen molar-refractivity contribution in [3.63, 3.8) is 0 Å². The molecule has 0 saturated carbocycles. The Balaban J connectivity index is 1.55. The van der Waals surface area contributed by atoms with Gasteiger partial charge in [0, 0.05) is 37.9 Å². The van der Waals surface area contributed by atoms with Gasteiger partial charge in [-0.05, 0) is 54.7 Å². The van der Waals surface area contributed by atoms with Gasteiger partial charge in [-0.1, -0.05) is 19.9 Å². The Kier molecular flexibility index (Phi) is 8.15. The lowest BCUT2D eigenvalue weighted by atomic mass is 9.95. The third-order valence-corrected chi connectivity index (χ3v) is 7.63. The first kappa shape index (κ1) is 24.8. The molecule has 1 aliphatic heterocycles. The molecule has 1 aromatic carbocycles. The van der Waals surface area contributed by atoms with Gasteiger partial charge in [0.2, 0.25) is 21.8 Å². The van der Waals surface area contributed by atoms with Crippen molar-refractivity contribution in [3.05, 3.63) is 60.2 Å². The summed E-state index contributed by atoms with van der Waals surface area (Å²) in [6.45, 7) is 4.37. The van der Waals surface area contributed by atoms with Gasteiger partial charge in [-0.2, -0.15) is 4.31 Å². The zero-order chi connectivity index (χ0) is 24.0. The molecule has 1 aliphatic rings.